The first-order valence-electron chi connectivity index (χ1n) is 17.3. The van der Waals surface area contributed by atoms with Gasteiger partial charge in [-0.25, -0.2) is 9.59 Å². The number of halogens is 4. The fourth-order valence-electron chi connectivity index (χ4n) is 8.34. The Morgan fingerprint density at radius 2 is 1.65 bits per heavy atom. The monoisotopic (exact) mass is 688 g/mol. The number of hydrogen-bond donors (Lipinski definition) is 2. The van der Waals surface area contributed by atoms with Crippen LogP contribution in [0.5, 0.6) is 0 Å². The van der Waals surface area contributed by atoms with E-state index in [4.69, 9.17) is 11.6 Å². The third kappa shape index (κ3) is 7.68. The second-order valence-corrected chi connectivity index (χ2v) is 14.8. The van der Waals surface area contributed by atoms with E-state index >= 15 is 0 Å². The Morgan fingerprint density at radius 3 is 2.33 bits per heavy atom. The van der Waals surface area contributed by atoms with Crippen molar-refractivity contribution < 1.29 is 32.0 Å². The van der Waals surface area contributed by atoms with Gasteiger partial charge in [-0.1, -0.05) is 35.9 Å². The molecule has 0 saturated carbocycles. The summed E-state index contributed by atoms with van der Waals surface area (Å²) >= 11 is 5.91. The number of amides is 4. The van der Waals surface area contributed by atoms with Crippen molar-refractivity contribution in [1.29, 1.82) is 0 Å². The molecule has 6 rings (SSSR count). The fraction of sp³-hybridized carbons (Fsp3) is 0.583. The number of anilines is 1. The van der Waals surface area contributed by atoms with Gasteiger partial charge in [0.1, 0.15) is 0 Å². The molecular formula is C36H46ClF3N5O3+. The van der Waals surface area contributed by atoms with Crippen LogP contribution in [0.4, 0.5) is 23.7 Å². The number of hydrogen-bond acceptors (Lipinski definition) is 4. The minimum atomic E-state index is -4.63. The number of alkyl halides is 3. The molecule has 4 aliphatic heterocycles. The number of quaternary nitrogens is 1. The summed E-state index contributed by atoms with van der Waals surface area (Å²) in [6, 6.07) is 11.3. The SMILES string of the molecule is C[N+]1(C(=O)C(CC(=O)N2CCC(N3Cc4ccccc4NC3=O)CC2)Cc2ccc(Cl)c(C(F)(F)F)c2)CCC(C2CCNCC2)CC1. The molecule has 1 unspecified atom stereocenters. The van der Waals surface area contributed by atoms with Crippen molar-refractivity contribution in [2.75, 3.05) is 51.6 Å². The van der Waals surface area contributed by atoms with Gasteiger partial charge in [0, 0.05) is 50.6 Å². The Balaban J connectivity index is 1.14. The first kappa shape index (κ1) is 34.7. The first-order chi connectivity index (χ1) is 22.9. The van der Waals surface area contributed by atoms with Gasteiger partial charge in [0.15, 0.2) is 0 Å². The van der Waals surface area contributed by atoms with Gasteiger partial charge < -0.3 is 20.4 Å². The molecule has 0 spiro atoms. The van der Waals surface area contributed by atoms with Gasteiger partial charge >= 0.3 is 18.1 Å². The number of nitrogens with zero attached hydrogens (tertiary/aromatic N) is 3. The number of benzene rings is 2. The van der Waals surface area contributed by atoms with Crippen molar-refractivity contribution in [3.8, 4) is 0 Å². The van der Waals surface area contributed by atoms with Gasteiger partial charge in [0.05, 0.1) is 36.6 Å². The van der Waals surface area contributed by atoms with Crippen LogP contribution in [0.25, 0.3) is 0 Å². The number of nitrogens with one attached hydrogen (secondary N) is 2. The fourth-order valence-corrected chi connectivity index (χ4v) is 8.56. The zero-order valence-electron chi connectivity index (χ0n) is 27.5. The van der Waals surface area contributed by atoms with E-state index in [2.05, 4.69) is 10.6 Å². The second-order valence-electron chi connectivity index (χ2n) is 14.4. The number of carbonyl (C=O) groups excluding carboxylic acids is 3. The molecular weight excluding hydrogens is 643 g/mol. The van der Waals surface area contributed by atoms with E-state index in [1.807, 2.05) is 36.2 Å². The minimum Gasteiger partial charge on any atom is -0.343 e. The van der Waals surface area contributed by atoms with Gasteiger partial charge in [0.2, 0.25) is 5.91 Å². The Morgan fingerprint density at radius 1 is 0.979 bits per heavy atom. The number of fused-ring (bicyclic) bond motifs is 1. The van der Waals surface area contributed by atoms with E-state index in [1.54, 1.807) is 4.90 Å². The highest BCUT2D eigenvalue weighted by atomic mass is 35.5. The predicted molar refractivity (Wildman–Crippen MR) is 178 cm³/mol. The van der Waals surface area contributed by atoms with Crippen molar-refractivity contribution in [2.24, 2.45) is 17.8 Å². The van der Waals surface area contributed by atoms with Crippen LogP contribution in [-0.2, 0) is 28.7 Å². The summed E-state index contributed by atoms with van der Waals surface area (Å²) in [5, 5.41) is 5.99. The van der Waals surface area contributed by atoms with Crippen molar-refractivity contribution in [1.82, 2.24) is 15.1 Å². The lowest BCUT2D eigenvalue weighted by Crippen LogP contribution is -2.58. The predicted octanol–water partition coefficient (Wildman–Crippen LogP) is 6.33. The number of urea groups is 1. The van der Waals surface area contributed by atoms with Crippen LogP contribution in [0, 0.1) is 17.8 Å². The number of para-hydroxylation sites is 1. The van der Waals surface area contributed by atoms with E-state index in [0.717, 1.165) is 56.1 Å². The summed E-state index contributed by atoms with van der Waals surface area (Å²) in [6.45, 7) is 4.77. The highest BCUT2D eigenvalue weighted by Crippen LogP contribution is 2.37. The number of carbonyl (C=O) groups is 3. The topological polar surface area (TPSA) is 81.8 Å². The van der Waals surface area contributed by atoms with Crippen molar-refractivity contribution in [3.05, 3.63) is 64.2 Å². The molecule has 4 heterocycles. The third-order valence-corrected chi connectivity index (χ3v) is 11.6. The Labute approximate surface area is 285 Å². The van der Waals surface area contributed by atoms with E-state index in [0.29, 0.717) is 63.0 Å². The summed E-state index contributed by atoms with van der Waals surface area (Å²) in [5.74, 6) is 0.169. The molecule has 2 aromatic rings. The molecule has 0 bridgehead atoms. The summed E-state index contributed by atoms with van der Waals surface area (Å²) < 4.78 is 41.4. The van der Waals surface area contributed by atoms with Crippen molar-refractivity contribution >= 4 is 35.1 Å². The van der Waals surface area contributed by atoms with E-state index in [9.17, 15) is 27.6 Å². The Bertz CT molecular complexity index is 1500. The summed E-state index contributed by atoms with van der Waals surface area (Å²) in [6.07, 6.45) is 0.680. The molecule has 1 atom stereocenters. The lowest BCUT2D eigenvalue weighted by molar-refractivity contribution is -0.843. The molecule has 3 fully saturated rings. The van der Waals surface area contributed by atoms with Crippen LogP contribution < -0.4 is 10.6 Å². The van der Waals surface area contributed by atoms with Crippen LogP contribution in [0.3, 0.4) is 0 Å². The second kappa shape index (κ2) is 14.4. The molecule has 2 aromatic carbocycles. The molecule has 0 aromatic heterocycles. The quantitative estimate of drug-likeness (QED) is 0.334. The molecule has 260 valence electrons. The van der Waals surface area contributed by atoms with Crippen LogP contribution in [0.2, 0.25) is 5.02 Å². The van der Waals surface area contributed by atoms with Crippen LogP contribution in [-0.4, -0.2) is 84.5 Å². The number of likely N-dealkylation sites (tertiary alicyclic amines) is 2. The maximum Gasteiger partial charge on any atom is 0.417 e. The van der Waals surface area contributed by atoms with E-state index < -0.39 is 22.7 Å². The molecule has 0 radical (unpaired) electrons. The molecule has 48 heavy (non-hydrogen) atoms. The summed E-state index contributed by atoms with van der Waals surface area (Å²) in [7, 11) is 1.93. The Hall–Kier alpha value is -3.15. The van der Waals surface area contributed by atoms with Gasteiger partial charge in [-0.3, -0.25) is 9.28 Å². The van der Waals surface area contributed by atoms with Gasteiger partial charge in [-0.15, -0.1) is 0 Å². The highest BCUT2D eigenvalue weighted by Gasteiger charge is 2.44. The molecule has 0 aliphatic carbocycles. The summed E-state index contributed by atoms with van der Waals surface area (Å²) in [5.41, 5.74) is 1.26. The molecule has 4 amide bonds. The first-order valence-corrected chi connectivity index (χ1v) is 17.7. The van der Waals surface area contributed by atoms with Crippen LogP contribution in [0.1, 0.15) is 61.6 Å². The molecule has 8 nitrogen and oxygen atoms in total. The average molecular weight is 689 g/mol. The maximum absolute atomic E-state index is 14.4. The lowest BCUT2D eigenvalue weighted by atomic mass is 9.78. The highest BCUT2D eigenvalue weighted by molar-refractivity contribution is 6.31. The normalized spacial score (nSPS) is 24.9. The average Bonchev–Trinajstić information content (AvgIpc) is 3.08. The zero-order valence-corrected chi connectivity index (χ0v) is 28.3. The Kier molecular flexibility index (Phi) is 10.4. The molecule has 3 saturated heterocycles. The molecule has 12 heteroatoms. The van der Waals surface area contributed by atoms with Gasteiger partial charge in [-0.2, -0.15) is 13.2 Å². The number of rotatable bonds is 7. The van der Waals surface area contributed by atoms with E-state index in [-0.39, 0.29) is 41.2 Å². The third-order valence-electron chi connectivity index (χ3n) is 11.3. The van der Waals surface area contributed by atoms with Gasteiger partial charge in [-0.05, 0) is 86.4 Å². The smallest absolute Gasteiger partial charge is 0.343 e. The van der Waals surface area contributed by atoms with Crippen LogP contribution in [0.15, 0.2) is 42.5 Å². The molecule has 4 aliphatic rings. The number of piperidine rings is 3. The largest absolute Gasteiger partial charge is 0.417 e. The molecule has 2 N–H and O–H groups in total. The maximum atomic E-state index is 14.4. The zero-order chi connectivity index (χ0) is 34.1. The van der Waals surface area contributed by atoms with Crippen molar-refractivity contribution in [2.45, 2.75) is 70.1 Å². The van der Waals surface area contributed by atoms with Gasteiger partial charge in [0.25, 0.3) is 0 Å². The lowest BCUT2D eigenvalue weighted by Gasteiger charge is -2.43. The summed E-state index contributed by atoms with van der Waals surface area (Å²) in [4.78, 5) is 44.6. The van der Waals surface area contributed by atoms with E-state index in [1.165, 1.54) is 12.1 Å². The standard InChI is InChI=1S/C36H45ClF3N5O3/c1-45(18-12-26(13-19-45)25-8-14-41-15-9-25)34(47)28(20-24-6-7-31(37)30(21-24)36(38,39)40)22-33(46)43-16-10-29(11-17-43)44-23-27-4-2-3-5-32(27)42-35(44)48/h2-7,21,25-26,28-29,41H,8-20,22-23H2,1H3/p+1. The van der Waals surface area contributed by atoms with Crippen molar-refractivity contribution in [3.63, 3.8) is 0 Å². The van der Waals surface area contributed by atoms with Crippen LogP contribution >= 0.6 is 11.6 Å². The minimum absolute atomic E-state index is 0.0274.